The van der Waals surface area contributed by atoms with Gasteiger partial charge in [0.25, 0.3) is 5.92 Å². The smallest absolute Gasteiger partial charge is 0.354 e. The van der Waals surface area contributed by atoms with Crippen LogP contribution in [0.4, 0.5) is 8.78 Å². The van der Waals surface area contributed by atoms with Crippen LogP contribution in [-0.4, -0.2) is 27.0 Å². The van der Waals surface area contributed by atoms with E-state index in [2.05, 4.69) is 16.5 Å². The van der Waals surface area contributed by atoms with E-state index in [-0.39, 0.29) is 17.1 Å². The fourth-order valence-electron chi connectivity index (χ4n) is 1.90. The maximum Gasteiger partial charge on any atom is 0.354 e. The van der Waals surface area contributed by atoms with E-state index >= 15 is 0 Å². The third-order valence-corrected chi connectivity index (χ3v) is 2.97. The molecule has 1 aliphatic carbocycles. The van der Waals surface area contributed by atoms with Crippen molar-refractivity contribution < 1.29 is 18.7 Å². The number of aromatic nitrogens is 2. The van der Waals surface area contributed by atoms with Crippen LogP contribution in [0.25, 0.3) is 5.57 Å². The van der Waals surface area contributed by atoms with Crippen molar-refractivity contribution in [2.75, 3.05) is 0 Å². The first-order valence-corrected chi connectivity index (χ1v) is 6.45. The van der Waals surface area contributed by atoms with Gasteiger partial charge in [-0.15, -0.1) is 0 Å². The summed E-state index contributed by atoms with van der Waals surface area (Å²) in [6.45, 7) is 6.06. The number of aryl methyl sites for hydroxylation is 1. The molecule has 0 unspecified atom stereocenters. The fourth-order valence-corrected chi connectivity index (χ4v) is 1.90. The maximum atomic E-state index is 13.6. The molecule has 1 aromatic rings. The van der Waals surface area contributed by atoms with Gasteiger partial charge in [0.2, 0.25) is 0 Å². The molecule has 0 aromatic carbocycles. The van der Waals surface area contributed by atoms with E-state index in [1.807, 2.05) is 0 Å². The minimum atomic E-state index is -3.06. The maximum absolute atomic E-state index is 13.6. The lowest BCUT2D eigenvalue weighted by molar-refractivity contribution is 0.0670. The number of carboxylic acids is 1. The predicted octanol–water partition coefficient (Wildman–Crippen LogP) is 3.57. The first kappa shape index (κ1) is 15.8. The molecule has 0 atom stereocenters. The molecule has 0 fully saturated rings. The third-order valence-electron chi connectivity index (χ3n) is 2.97. The number of allylic oxidation sites excluding steroid dienone is 7. The van der Waals surface area contributed by atoms with Gasteiger partial charge in [-0.25, -0.2) is 23.5 Å². The van der Waals surface area contributed by atoms with Crippen molar-refractivity contribution in [2.45, 2.75) is 19.8 Å². The Labute approximate surface area is 126 Å². The number of aromatic carboxylic acids is 1. The molecule has 0 amide bonds. The minimum absolute atomic E-state index is 0.0819. The van der Waals surface area contributed by atoms with Crippen molar-refractivity contribution >= 4 is 11.5 Å². The Morgan fingerprint density at radius 2 is 1.95 bits per heavy atom. The van der Waals surface area contributed by atoms with Crippen LogP contribution in [0.5, 0.6) is 0 Å². The van der Waals surface area contributed by atoms with Crippen molar-refractivity contribution in [3.8, 4) is 0 Å². The average molecular weight is 304 g/mol. The molecule has 0 radical (unpaired) electrons. The van der Waals surface area contributed by atoms with E-state index in [1.54, 1.807) is 13.0 Å². The molecule has 1 aliphatic rings. The molecule has 0 spiro atoms. The van der Waals surface area contributed by atoms with Crippen molar-refractivity contribution in [1.29, 1.82) is 0 Å². The molecule has 22 heavy (non-hydrogen) atoms. The van der Waals surface area contributed by atoms with E-state index in [1.165, 1.54) is 24.3 Å². The largest absolute Gasteiger partial charge is 0.477 e. The van der Waals surface area contributed by atoms with Gasteiger partial charge in [-0.1, -0.05) is 18.7 Å². The molecule has 1 N–H and O–H groups in total. The second-order valence-corrected chi connectivity index (χ2v) is 5.02. The van der Waals surface area contributed by atoms with Gasteiger partial charge in [0.1, 0.15) is 0 Å². The van der Waals surface area contributed by atoms with E-state index in [9.17, 15) is 13.6 Å². The van der Waals surface area contributed by atoms with Crippen molar-refractivity contribution in [3.63, 3.8) is 0 Å². The Kier molecular flexibility index (Phi) is 4.03. The zero-order valence-electron chi connectivity index (χ0n) is 12.1. The number of nitrogens with zero attached hydrogens (tertiary/aromatic N) is 2. The number of hydrogen-bond acceptors (Lipinski definition) is 3. The summed E-state index contributed by atoms with van der Waals surface area (Å²) < 4.78 is 27.2. The van der Waals surface area contributed by atoms with E-state index in [0.717, 1.165) is 6.92 Å². The molecule has 0 aliphatic heterocycles. The summed E-state index contributed by atoms with van der Waals surface area (Å²) in [5, 5.41) is 9.04. The van der Waals surface area contributed by atoms with Crippen LogP contribution < -0.4 is 0 Å². The van der Waals surface area contributed by atoms with Gasteiger partial charge in [0.15, 0.2) is 11.5 Å². The Hall–Kier alpha value is -2.63. The van der Waals surface area contributed by atoms with Gasteiger partial charge in [0, 0.05) is 23.8 Å². The standard InChI is InChI=1S/C16H14F2N2O2/c1-9-4-5-11(8-12(6-9)16(3,17)18)14-19-10(2)7-13(20-14)15(21)22/h4-8H,1H2,2-3H3,(H,21,22). The number of halogens is 2. The predicted molar refractivity (Wildman–Crippen MR) is 78.7 cm³/mol. The molecule has 4 nitrogen and oxygen atoms in total. The van der Waals surface area contributed by atoms with Crippen LogP contribution in [0, 0.1) is 6.92 Å². The van der Waals surface area contributed by atoms with Gasteiger partial charge in [0.05, 0.1) is 0 Å². The molecular weight excluding hydrogens is 290 g/mol. The highest BCUT2D eigenvalue weighted by atomic mass is 19.3. The van der Waals surface area contributed by atoms with Gasteiger partial charge < -0.3 is 5.11 Å². The first-order valence-electron chi connectivity index (χ1n) is 6.45. The summed E-state index contributed by atoms with van der Waals surface area (Å²) in [6, 6.07) is 1.32. The summed E-state index contributed by atoms with van der Waals surface area (Å²) in [5.41, 5.74) is 0.730. The molecule has 1 aromatic heterocycles. The fraction of sp³-hybridized carbons (Fsp3) is 0.188. The highest BCUT2D eigenvalue weighted by Crippen LogP contribution is 2.30. The van der Waals surface area contributed by atoms with E-state index in [4.69, 9.17) is 5.11 Å². The van der Waals surface area contributed by atoms with Crippen molar-refractivity contribution in [3.05, 3.63) is 65.3 Å². The summed E-state index contributed by atoms with van der Waals surface area (Å²) in [6.07, 6.45) is 5.61. The quantitative estimate of drug-likeness (QED) is 0.927. The van der Waals surface area contributed by atoms with Crippen LogP contribution in [0.1, 0.15) is 28.9 Å². The highest BCUT2D eigenvalue weighted by molar-refractivity contribution is 5.86. The zero-order valence-corrected chi connectivity index (χ0v) is 12.1. The van der Waals surface area contributed by atoms with Gasteiger partial charge in [-0.2, -0.15) is 0 Å². The van der Waals surface area contributed by atoms with Crippen LogP contribution >= 0.6 is 0 Å². The molecule has 0 saturated heterocycles. The average Bonchev–Trinajstić information content (AvgIpc) is 2.59. The van der Waals surface area contributed by atoms with Crippen LogP contribution in [0.2, 0.25) is 0 Å². The topological polar surface area (TPSA) is 63.1 Å². The summed E-state index contributed by atoms with van der Waals surface area (Å²) in [5.74, 6) is -4.18. The van der Waals surface area contributed by atoms with Crippen LogP contribution in [0.15, 0.2) is 48.1 Å². The first-order chi connectivity index (χ1) is 10.2. The molecule has 0 saturated carbocycles. The number of carbonyl (C=O) groups is 1. The second-order valence-electron chi connectivity index (χ2n) is 5.02. The third kappa shape index (κ3) is 3.52. The number of rotatable bonds is 3. The number of alkyl halides is 2. The number of carboxylic acid groups (broad SMARTS) is 1. The molecule has 6 heteroatoms. The van der Waals surface area contributed by atoms with Gasteiger partial charge in [-0.05, 0) is 30.7 Å². The summed E-state index contributed by atoms with van der Waals surface area (Å²) in [7, 11) is 0. The van der Waals surface area contributed by atoms with E-state index < -0.39 is 11.9 Å². The molecule has 2 rings (SSSR count). The summed E-state index contributed by atoms with van der Waals surface area (Å²) >= 11 is 0. The Morgan fingerprint density at radius 3 is 2.55 bits per heavy atom. The molecule has 1 heterocycles. The Morgan fingerprint density at radius 1 is 1.27 bits per heavy atom. The Balaban J connectivity index is 2.58. The molecule has 114 valence electrons. The molecular formula is C16H14F2N2O2. The van der Waals surface area contributed by atoms with Gasteiger partial charge in [-0.3, -0.25) is 0 Å². The van der Waals surface area contributed by atoms with Crippen molar-refractivity contribution in [2.24, 2.45) is 0 Å². The highest BCUT2D eigenvalue weighted by Gasteiger charge is 2.27. The normalized spacial score (nSPS) is 15.2. The minimum Gasteiger partial charge on any atom is -0.477 e. The zero-order chi connectivity index (χ0) is 16.5. The van der Waals surface area contributed by atoms with Crippen LogP contribution in [0.3, 0.4) is 0 Å². The lowest BCUT2D eigenvalue weighted by atomic mass is 10.1. The van der Waals surface area contributed by atoms with Crippen LogP contribution in [-0.2, 0) is 0 Å². The van der Waals surface area contributed by atoms with Crippen molar-refractivity contribution in [1.82, 2.24) is 9.97 Å². The number of hydrogen-bond donors (Lipinski definition) is 1. The van der Waals surface area contributed by atoms with Gasteiger partial charge >= 0.3 is 5.97 Å². The monoisotopic (exact) mass is 304 g/mol. The second kappa shape index (κ2) is 5.63. The SMILES string of the molecule is C=C1C=CC(c2nc(C)cc(C(=O)O)n2)=CC(C(C)(F)F)=C1. The van der Waals surface area contributed by atoms with E-state index in [0.29, 0.717) is 16.8 Å². The Bertz CT molecular complexity index is 741. The summed E-state index contributed by atoms with van der Waals surface area (Å²) in [4.78, 5) is 19.1. The lowest BCUT2D eigenvalue weighted by Crippen LogP contribution is -2.13. The lowest BCUT2D eigenvalue weighted by Gasteiger charge is -2.12. The molecule has 0 bridgehead atoms.